The summed E-state index contributed by atoms with van der Waals surface area (Å²) in [5, 5.41) is 1.21. The molecule has 0 radical (unpaired) electrons. The first-order valence-corrected chi connectivity index (χ1v) is 4.88. The van der Waals surface area contributed by atoms with E-state index in [2.05, 4.69) is 25.8 Å². The second-order valence-electron chi connectivity index (χ2n) is 3.71. The molecule has 1 aliphatic rings. The first-order chi connectivity index (χ1) is 5.12. The Morgan fingerprint density at radius 1 is 1.36 bits per heavy atom. The molecule has 60 valence electrons. The van der Waals surface area contributed by atoms with Crippen LogP contribution < -0.4 is 0 Å². The Hall–Kier alpha value is -0.370. The average Bonchev–Trinajstić information content (AvgIpc) is 2.55. The standard InChI is InChI=1S/C9H13NS/c1-6-8(9(3)4-5-9)11-7(2)10-6/h4-5H2,1-3H3. The summed E-state index contributed by atoms with van der Waals surface area (Å²) in [4.78, 5) is 5.96. The minimum atomic E-state index is 0.510. The minimum absolute atomic E-state index is 0.510. The van der Waals surface area contributed by atoms with E-state index in [1.807, 2.05) is 11.3 Å². The van der Waals surface area contributed by atoms with E-state index in [0.717, 1.165) is 0 Å². The summed E-state index contributed by atoms with van der Waals surface area (Å²) in [6, 6.07) is 0. The van der Waals surface area contributed by atoms with Crippen molar-refractivity contribution < 1.29 is 0 Å². The van der Waals surface area contributed by atoms with Gasteiger partial charge in [-0.15, -0.1) is 11.3 Å². The maximum absolute atomic E-state index is 4.44. The van der Waals surface area contributed by atoms with Gasteiger partial charge >= 0.3 is 0 Å². The number of thiazole rings is 1. The molecule has 1 nitrogen and oxygen atoms in total. The molecule has 1 aromatic rings. The Morgan fingerprint density at radius 3 is 2.36 bits per heavy atom. The number of aryl methyl sites for hydroxylation is 2. The largest absolute Gasteiger partial charge is 0.247 e. The zero-order valence-electron chi connectivity index (χ0n) is 7.27. The van der Waals surface area contributed by atoms with E-state index in [4.69, 9.17) is 0 Å². The molecule has 0 saturated heterocycles. The Morgan fingerprint density at radius 2 is 2.00 bits per heavy atom. The van der Waals surface area contributed by atoms with E-state index in [9.17, 15) is 0 Å². The van der Waals surface area contributed by atoms with Gasteiger partial charge in [0.25, 0.3) is 0 Å². The lowest BCUT2D eigenvalue weighted by atomic mass is 10.1. The van der Waals surface area contributed by atoms with E-state index < -0.39 is 0 Å². The van der Waals surface area contributed by atoms with Crippen LogP contribution in [0, 0.1) is 13.8 Å². The van der Waals surface area contributed by atoms with E-state index in [-0.39, 0.29) is 0 Å². The van der Waals surface area contributed by atoms with E-state index >= 15 is 0 Å². The third-order valence-corrected chi connectivity index (χ3v) is 3.83. The van der Waals surface area contributed by atoms with Crippen molar-refractivity contribution in [3.63, 3.8) is 0 Å². The highest BCUT2D eigenvalue weighted by Gasteiger charge is 2.41. The Balaban J connectivity index is 2.44. The normalized spacial score (nSPS) is 20.3. The first kappa shape index (κ1) is 7.29. The predicted molar refractivity (Wildman–Crippen MR) is 48.2 cm³/mol. The second kappa shape index (κ2) is 2.07. The van der Waals surface area contributed by atoms with Crippen LogP contribution in [0.2, 0.25) is 0 Å². The van der Waals surface area contributed by atoms with Gasteiger partial charge in [0.1, 0.15) is 0 Å². The number of hydrogen-bond acceptors (Lipinski definition) is 2. The van der Waals surface area contributed by atoms with Crippen LogP contribution in [-0.2, 0) is 5.41 Å². The summed E-state index contributed by atoms with van der Waals surface area (Å²) in [5.74, 6) is 0. The van der Waals surface area contributed by atoms with Crippen LogP contribution in [0.15, 0.2) is 0 Å². The first-order valence-electron chi connectivity index (χ1n) is 4.06. The molecule has 1 saturated carbocycles. The van der Waals surface area contributed by atoms with Gasteiger partial charge in [-0.1, -0.05) is 6.92 Å². The van der Waals surface area contributed by atoms with Crippen molar-refractivity contribution in [2.75, 3.05) is 0 Å². The highest BCUT2D eigenvalue weighted by Crippen LogP contribution is 2.50. The van der Waals surface area contributed by atoms with Gasteiger partial charge in [-0.25, -0.2) is 4.98 Å². The van der Waals surface area contributed by atoms with Gasteiger partial charge in [0.15, 0.2) is 0 Å². The van der Waals surface area contributed by atoms with E-state index in [1.165, 1.54) is 28.4 Å². The Labute approximate surface area is 71.5 Å². The molecule has 0 bridgehead atoms. The summed E-state index contributed by atoms with van der Waals surface area (Å²) < 4.78 is 0. The molecular formula is C9H13NS. The predicted octanol–water partition coefficient (Wildman–Crippen LogP) is 2.81. The molecule has 0 amide bonds. The molecule has 2 rings (SSSR count). The van der Waals surface area contributed by atoms with Crippen molar-refractivity contribution in [2.24, 2.45) is 0 Å². The van der Waals surface area contributed by atoms with Crippen LogP contribution in [-0.4, -0.2) is 4.98 Å². The molecule has 0 aromatic carbocycles. The highest BCUT2D eigenvalue weighted by molar-refractivity contribution is 7.11. The van der Waals surface area contributed by atoms with Crippen molar-refractivity contribution in [2.45, 2.75) is 39.0 Å². The minimum Gasteiger partial charge on any atom is -0.247 e. The lowest BCUT2D eigenvalue weighted by molar-refractivity contribution is 0.796. The summed E-state index contributed by atoms with van der Waals surface area (Å²) in [5.41, 5.74) is 1.77. The van der Waals surface area contributed by atoms with Gasteiger partial charge in [-0.05, 0) is 26.7 Å². The molecule has 1 fully saturated rings. The van der Waals surface area contributed by atoms with Crippen molar-refractivity contribution in [1.82, 2.24) is 4.98 Å². The molecule has 0 aliphatic heterocycles. The Bertz CT molecular complexity index is 284. The van der Waals surface area contributed by atoms with Gasteiger partial charge < -0.3 is 0 Å². The molecular weight excluding hydrogens is 154 g/mol. The van der Waals surface area contributed by atoms with Gasteiger partial charge in [-0.2, -0.15) is 0 Å². The van der Waals surface area contributed by atoms with Crippen LogP contribution in [0.1, 0.15) is 35.3 Å². The molecule has 0 atom stereocenters. The van der Waals surface area contributed by atoms with Gasteiger partial charge in [0, 0.05) is 10.3 Å². The van der Waals surface area contributed by atoms with Crippen molar-refractivity contribution >= 4 is 11.3 Å². The maximum Gasteiger partial charge on any atom is 0.0900 e. The third-order valence-electron chi connectivity index (χ3n) is 2.45. The molecule has 1 heterocycles. The summed E-state index contributed by atoms with van der Waals surface area (Å²) in [6.07, 6.45) is 2.71. The van der Waals surface area contributed by atoms with Gasteiger partial charge in [0.2, 0.25) is 0 Å². The number of hydrogen-bond donors (Lipinski definition) is 0. The fraction of sp³-hybridized carbons (Fsp3) is 0.667. The van der Waals surface area contributed by atoms with Gasteiger partial charge in [-0.3, -0.25) is 0 Å². The molecule has 1 aromatic heterocycles. The zero-order chi connectivity index (χ0) is 8.06. The SMILES string of the molecule is Cc1nc(C)c(C2(C)CC2)s1. The van der Waals surface area contributed by atoms with Crippen LogP contribution in [0.4, 0.5) is 0 Å². The van der Waals surface area contributed by atoms with Crippen molar-refractivity contribution in [1.29, 1.82) is 0 Å². The molecule has 2 heteroatoms. The molecule has 11 heavy (non-hydrogen) atoms. The topological polar surface area (TPSA) is 12.9 Å². The van der Waals surface area contributed by atoms with E-state index in [0.29, 0.717) is 5.41 Å². The fourth-order valence-corrected chi connectivity index (χ4v) is 2.63. The van der Waals surface area contributed by atoms with Crippen molar-refractivity contribution in [3.8, 4) is 0 Å². The number of aromatic nitrogens is 1. The van der Waals surface area contributed by atoms with Crippen LogP contribution in [0.25, 0.3) is 0 Å². The Kier molecular flexibility index (Phi) is 1.37. The van der Waals surface area contributed by atoms with Crippen LogP contribution in [0.3, 0.4) is 0 Å². The molecule has 0 N–H and O–H groups in total. The fourth-order valence-electron chi connectivity index (χ4n) is 1.51. The summed E-state index contributed by atoms with van der Waals surface area (Å²) in [7, 11) is 0. The highest BCUT2D eigenvalue weighted by atomic mass is 32.1. The monoisotopic (exact) mass is 167 g/mol. The molecule has 0 spiro atoms. The maximum atomic E-state index is 4.44. The number of nitrogens with zero attached hydrogens (tertiary/aromatic N) is 1. The van der Waals surface area contributed by atoms with Crippen LogP contribution in [0.5, 0.6) is 0 Å². The smallest absolute Gasteiger partial charge is 0.0900 e. The van der Waals surface area contributed by atoms with Crippen LogP contribution >= 0.6 is 11.3 Å². The quantitative estimate of drug-likeness (QED) is 0.626. The van der Waals surface area contributed by atoms with Gasteiger partial charge in [0.05, 0.1) is 10.7 Å². The lowest BCUT2D eigenvalue weighted by Crippen LogP contribution is -1.97. The van der Waals surface area contributed by atoms with E-state index in [1.54, 1.807) is 0 Å². The number of rotatable bonds is 1. The summed E-state index contributed by atoms with van der Waals surface area (Å²) in [6.45, 7) is 6.56. The average molecular weight is 167 g/mol. The zero-order valence-corrected chi connectivity index (χ0v) is 8.09. The van der Waals surface area contributed by atoms with Crippen molar-refractivity contribution in [3.05, 3.63) is 15.6 Å². The third kappa shape index (κ3) is 1.09. The summed E-state index contributed by atoms with van der Waals surface area (Å²) >= 11 is 1.87. The lowest BCUT2D eigenvalue weighted by Gasteiger charge is -2.03. The second-order valence-corrected chi connectivity index (χ2v) is 4.91. The molecule has 0 unspecified atom stereocenters. The molecule has 1 aliphatic carbocycles.